The third-order valence-corrected chi connectivity index (χ3v) is 9.13. The number of likely N-dealkylation sites (tertiary alicyclic amines) is 1. The quantitative estimate of drug-likeness (QED) is 0.466. The van der Waals surface area contributed by atoms with Crippen LogP contribution in [0.25, 0.3) is 0 Å². The first-order chi connectivity index (χ1) is 17.0. The zero-order valence-corrected chi connectivity index (χ0v) is 20.8. The third-order valence-electron chi connectivity index (χ3n) is 9.13. The molecule has 1 saturated carbocycles. The zero-order valence-electron chi connectivity index (χ0n) is 20.8. The second-order valence-electron chi connectivity index (χ2n) is 10.6. The van der Waals surface area contributed by atoms with Crippen molar-refractivity contribution in [2.24, 2.45) is 11.3 Å². The Hall–Kier alpha value is -3.11. The Morgan fingerprint density at radius 2 is 1.80 bits per heavy atom. The van der Waals surface area contributed by atoms with Gasteiger partial charge in [-0.15, -0.1) is 0 Å². The van der Waals surface area contributed by atoms with Crippen LogP contribution in [0.3, 0.4) is 0 Å². The predicted octanol–water partition coefficient (Wildman–Crippen LogP) is 5.47. The molecule has 3 aromatic rings. The van der Waals surface area contributed by atoms with E-state index in [-0.39, 0.29) is 23.2 Å². The molecule has 1 aliphatic heterocycles. The summed E-state index contributed by atoms with van der Waals surface area (Å²) >= 11 is 0. The highest BCUT2D eigenvalue weighted by Crippen LogP contribution is 2.69. The number of esters is 1. The lowest BCUT2D eigenvalue weighted by molar-refractivity contribution is -0.161. The molecule has 0 spiro atoms. The highest BCUT2D eigenvalue weighted by molar-refractivity contribution is 5.82. The number of rotatable bonds is 5. The predicted molar refractivity (Wildman–Crippen MR) is 137 cm³/mol. The van der Waals surface area contributed by atoms with Gasteiger partial charge in [0.2, 0.25) is 0 Å². The number of benzene rings is 3. The van der Waals surface area contributed by atoms with Crippen LogP contribution in [0, 0.1) is 18.3 Å². The summed E-state index contributed by atoms with van der Waals surface area (Å²) in [6.07, 6.45) is 2.04. The van der Waals surface area contributed by atoms with E-state index in [4.69, 9.17) is 9.47 Å². The molecule has 4 heteroatoms. The summed E-state index contributed by atoms with van der Waals surface area (Å²) in [7, 11) is 3.29. The van der Waals surface area contributed by atoms with Crippen LogP contribution in [-0.4, -0.2) is 38.2 Å². The molecular weight excluding hydrogens is 434 g/mol. The number of nitrogens with zero attached hydrogens (tertiary/aromatic N) is 1. The Morgan fingerprint density at radius 1 is 1.03 bits per heavy atom. The maximum Gasteiger partial charge on any atom is 0.314 e. The normalized spacial score (nSPS) is 28.9. The number of methoxy groups -OCH3 is 2. The number of carbonyl (C=O) groups excluding carboxylic acids is 1. The number of aryl methyl sites for hydroxylation is 1. The molecule has 3 aliphatic carbocycles. The van der Waals surface area contributed by atoms with Gasteiger partial charge in [-0.05, 0) is 53.6 Å². The minimum absolute atomic E-state index is 0.0492. The van der Waals surface area contributed by atoms with Crippen molar-refractivity contribution in [3.8, 4) is 5.75 Å². The van der Waals surface area contributed by atoms with Crippen molar-refractivity contribution in [2.45, 2.75) is 37.6 Å². The van der Waals surface area contributed by atoms with Gasteiger partial charge in [0.25, 0.3) is 0 Å². The second-order valence-corrected chi connectivity index (χ2v) is 10.6. The topological polar surface area (TPSA) is 38.8 Å². The minimum Gasteiger partial charge on any atom is -0.496 e. The van der Waals surface area contributed by atoms with Crippen LogP contribution >= 0.6 is 0 Å². The lowest BCUT2D eigenvalue weighted by atomic mass is 9.42. The first kappa shape index (κ1) is 22.4. The van der Waals surface area contributed by atoms with Crippen molar-refractivity contribution in [2.75, 3.05) is 27.3 Å². The molecule has 4 aliphatic rings. The molecule has 7 rings (SSSR count). The van der Waals surface area contributed by atoms with E-state index in [1.807, 2.05) is 0 Å². The van der Waals surface area contributed by atoms with Crippen molar-refractivity contribution in [3.05, 3.63) is 101 Å². The van der Waals surface area contributed by atoms with Crippen LogP contribution in [0.5, 0.6) is 5.75 Å². The van der Waals surface area contributed by atoms with Gasteiger partial charge >= 0.3 is 5.97 Å². The average molecular weight is 468 g/mol. The monoisotopic (exact) mass is 467 g/mol. The van der Waals surface area contributed by atoms with E-state index in [1.165, 1.54) is 22.3 Å². The van der Waals surface area contributed by atoms with Crippen molar-refractivity contribution >= 4 is 5.97 Å². The van der Waals surface area contributed by atoms with Crippen molar-refractivity contribution in [3.63, 3.8) is 0 Å². The summed E-state index contributed by atoms with van der Waals surface area (Å²) in [5, 5.41) is 0. The van der Waals surface area contributed by atoms with Crippen molar-refractivity contribution in [1.29, 1.82) is 0 Å². The first-order valence-corrected chi connectivity index (χ1v) is 12.6. The lowest BCUT2D eigenvalue weighted by Crippen LogP contribution is -2.60. The molecule has 0 aromatic heterocycles. The Labute approximate surface area is 207 Å². The summed E-state index contributed by atoms with van der Waals surface area (Å²) in [5.41, 5.74) is 5.65. The van der Waals surface area contributed by atoms with Crippen LogP contribution in [0.1, 0.15) is 46.6 Å². The van der Waals surface area contributed by atoms with Gasteiger partial charge in [-0.1, -0.05) is 66.7 Å². The Balaban J connectivity index is 1.55. The summed E-state index contributed by atoms with van der Waals surface area (Å²) in [4.78, 5) is 16.3. The summed E-state index contributed by atoms with van der Waals surface area (Å²) in [6.45, 7) is 4.56. The van der Waals surface area contributed by atoms with E-state index < -0.39 is 5.41 Å². The van der Waals surface area contributed by atoms with E-state index in [0.29, 0.717) is 0 Å². The van der Waals surface area contributed by atoms with Crippen LogP contribution in [0.15, 0.2) is 72.8 Å². The molecule has 4 atom stereocenters. The fraction of sp³-hybridized carbons (Fsp3) is 0.387. The molecule has 1 saturated heterocycles. The van der Waals surface area contributed by atoms with Gasteiger partial charge in [0.1, 0.15) is 5.75 Å². The second kappa shape index (κ2) is 8.23. The maximum atomic E-state index is 13.8. The molecule has 180 valence electrons. The molecule has 4 nitrogen and oxygen atoms in total. The van der Waals surface area contributed by atoms with Gasteiger partial charge in [-0.3, -0.25) is 9.69 Å². The highest BCUT2D eigenvalue weighted by Gasteiger charge is 2.70. The highest BCUT2D eigenvalue weighted by atomic mass is 16.5. The van der Waals surface area contributed by atoms with Crippen LogP contribution in [0.4, 0.5) is 0 Å². The van der Waals surface area contributed by atoms with E-state index in [1.54, 1.807) is 14.2 Å². The molecule has 2 fully saturated rings. The summed E-state index contributed by atoms with van der Waals surface area (Å²) in [6, 6.07) is 26.1. The number of hydrogen-bond acceptors (Lipinski definition) is 4. The maximum absolute atomic E-state index is 13.8. The standard InChI is InChI=1S/C31H33NO3/c1-21-17-23(13-14-27(21)34-2)30-16-15-26(24-11-7-8-12-25(24)30)31(29(33)35-3)20-32(19-28(30)31)18-22-9-5-4-6-10-22/h4-14,17,26,28H,15-16,18-20H2,1-3H3. The Morgan fingerprint density at radius 3 is 2.54 bits per heavy atom. The van der Waals surface area contributed by atoms with Crippen LogP contribution in [0.2, 0.25) is 0 Å². The van der Waals surface area contributed by atoms with E-state index >= 15 is 0 Å². The molecule has 2 bridgehead atoms. The SMILES string of the molecule is COC(=O)C12CN(Cc3ccccc3)CC1C1(c3ccc(OC)c(C)c3)CCC2c2ccccc21. The van der Waals surface area contributed by atoms with Gasteiger partial charge in [-0.2, -0.15) is 0 Å². The van der Waals surface area contributed by atoms with E-state index in [2.05, 4.69) is 84.6 Å². The van der Waals surface area contributed by atoms with E-state index in [9.17, 15) is 4.79 Å². The Kier molecular flexibility index (Phi) is 5.26. The minimum atomic E-state index is -0.552. The average Bonchev–Trinajstić information content (AvgIpc) is 3.30. The van der Waals surface area contributed by atoms with Crippen LogP contribution < -0.4 is 4.74 Å². The fourth-order valence-electron chi connectivity index (χ4n) is 7.84. The smallest absolute Gasteiger partial charge is 0.314 e. The molecule has 3 aromatic carbocycles. The van der Waals surface area contributed by atoms with Gasteiger partial charge in [0.05, 0.1) is 19.6 Å². The number of carbonyl (C=O) groups is 1. The van der Waals surface area contributed by atoms with Crippen molar-refractivity contribution in [1.82, 2.24) is 4.90 Å². The van der Waals surface area contributed by atoms with Gasteiger partial charge in [0, 0.05) is 36.9 Å². The third kappa shape index (κ3) is 3.05. The van der Waals surface area contributed by atoms with Gasteiger partial charge in [-0.25, -0.2) is 0 Å². The summed E-state index contributed by atoms with van der Waals surface area (Å²) < 4.78 is 11.2. The number of fused-ring (bicyclic) bond motifs is 1. The summed E-state index contributed by atoms with van der Waals surface area (Å²) in [5.74, 6) is 1.18. The Bertz CT molecular complexity index is 1270. The van der Waals surface area contributed by atoms with Gasteiger partial charge in [0.15, 0.2) is 0 Å². The largest absolute Gasteiger partial charge is 0.496 e. The number of hydrogen-bond donors (Lipinski definition) is 0. The molecule has 4 unspecified atom stereocenters. The number of ether oxygens (including phenoxy) is 2. The van der Waals surface area contributed by atoms with Gasteiger partial charge < -0.3 is 9.47 Å². The lowest BCUT2D eigenvalue weighted by Gasteiger charge is -2.59. The molecule has 35 heavy (non-hydrogen) atoms. The zero-order chi connectivity index (χ0) is 24.2. The van der Waals surface area contributed by atoms with Crippen LogP contribution in [-0.2, 0) is 21.5 Å². The molecular formula is C31H33NO3. The molecule has 0 amide bonds. The van der Waals surface area contributed by atoms with E-state index in [0.717, 1.165) is 43.8 Å². The fourth-order valence-corrected chi connectivity index (χ4v) is 7.84. The molecule has 1 heterocycles. The first-order valence-electron chi connectivity index (χ1n) is 12.6. The van der Waals surface area contributed by atoms with Crippen molar-refractivity contribution < 1.29 is 14.3 Å². The molecule has 0 radical (unpaired) electrons. The molecule has 0 N–H and O–H groups in total.